The molecule has 0 radical (unpaired) electrons. The van der Waals surface area contributed by atoms with Gasteiger partial charge in [-0.1, -0.05) is 19.1 Å². The van der Waals surface area contributed by atoms with Gasteiger partial charge in [-0.05, 0) is 23.4 Å². The lowest BCUT2D eigenvalue weighted by atomic mass is 9.81. The minimum absolute atomic E-state index is 0.0803. The van der Waals surface area contributed by atoms with Crippen molar-refractivity contribution in [2.45, 2.75) is 17.2 Å². The number of hydrogen-bond acceptors (Lipinski definition) is 2. The molecule has 1 aliphatic heterocycles. The van der Waals surface area contributed by atoms with Gasteiger partial charge in [-0.3, -0.25) is 0 Å². The van der Waals surface area contributed by atoms with Crippen molar-refractivity contribution < 1.29 is 4.74 Å². The summed E-state index contributed by atoms with van der Waals surface area (Å²) < 4.78 is 5.27. The molecule has 1 heterocycles. The van der Waals surface area contributed by atoms with Gasteiger partial charge in [0.05, 0.1) is 18.6 Å². The van der Waals surface area contributed by atoms with Crippen LogP contribution < -0.4 is 0 Å². The van der Waals surface area contributed by atoms with Crippen molar-refractivity contribution in [2.75, 3.05) is 24.8 Å². The second-order valence-electron chi connectivity index (χ2n) is 3.86. The molecule has 0 saturated carbocycles. The molecule has 15 heavy (non-hydrogen) atoms. The molecule has 1 saturated heterocycles. The largest absolute Gasteiger partial charge is 0.379 e. The highest BCUT2D eigenvalue weighted by Gasteiger charge is 2.39. The molecule has 0 N–H and O–H groups in total. The Morgan fingerprint density at radius 3 is 2.40 bits per heavy atom. The number of rotatable bonds is 4. The van der Waals surface area contributed by atoms with Crippen molar-refractivity contribution in [1.29, 1.82) is 0 Å². The Kier molecular flexibility index (Phi) is 3.60. The van der Waals surface area contributed by atoms with Crippen LogP contribution >= 0.6 is 23.4 Å². The molecule has 0 spiro atoms. The van der Waals surface area contributed by atoms with Crippen molar-refractivity contribution in [3.63, 3.8) is 0 Å². The maximum Gasteiger partial charge on any atom is 0.0597 e. The van der Waals surface area contributed by atoms with E-state index in [4.69, 9.17) is 16.3 Å². The van der Waals surface area contributed by atoms with Crippen LogP contribution in [0.5, 0.6) is 0 Å². The first kappa shape index (κ1) is 11.3. The predicted octanol–water partition coefficient (Wildman–Crippen LogP) is 3.31. The van der Waals surface area contributed by atoms with E-state index in [0.29, 0.717) is 5.88 Å². The van der Waals surface area contributed by atoms with Crippen LogP contribution in [0, 0.1) is 0 Å². The van der Waals surface area contributed by atoms with Crippen LogP contribution in [0.3, 0.4) is 0 Å². The molecule has 0 amide bonds. The number of ether oxygens (including phenoxy) is 1. The summed E-state index contributed by atoms with van der Waals surface area (Å²) in [6.07, 6.45) is 0. The summed E-state index contributed by atoms with van der Waals surface area (Å²) in [5.41, 5.74) is 1.39. The van der Waals surface area contributed by atoms with Gasteiger partial charge in [0, 0.05) is 10.8 Å². The lowest BCUT2D eigenvalue weighted by Gasteiger charge is -2.40. The van der Waals surface area contributed by atoms with E-state index < -0.39 is 0 Å². The smallest absolute Gasteiger partial charge is 0.0597 e. The van der Waals surface area contributed by atoms with E-state index in [1.54, 1.807) is 0 Å². The molecule has 1 aliphatic rings. The minimum Gasteiger partial charge on any atom is -0.379 e. The predicted molar refractivity (Wildman–Crippen MR) is 66.1 cm³/mol. The first-order valence-corrected chi connectivity index (χ1v) is 6.70. The first-order chi connectivity index (χ1) is 7.30. The Morgan fingerprint density at radius 2 is 2.00 bits per heavy atom. The summed E-state index contributed by atoms with van der Waals surface area (Å²) >= 11 is 7.87. The van der Waals surface area contributed by atoms with Gasteiger partial charge in [0.15, 0.2) is 0 Å². The van der Waals surface area contributed by atoms with Gasteiger partial charge in [-0.25, -0.2) is 0 Å². The zero-order valence-corrected chi connectivity index (χ0v) is 10.4. The molecule has 2 rings (SSSR count). The minimum atomic E-state index is 0.0803. The van der Waals surface area contributed by atoms with Crippen molar-refractivity contribution in [1.82, 2.24) is 0 Å². The Bertz CT molecular complexity index is 313. The van der Waals surface area contributed by atoms with Crippen LogP contribution in [0.25, 0.3) is 0 Å². The second kappa shape index (κ2) is 4.77. The fourth-order valence-electron chi connectivity index (χ4n) is 1.74. The van der Waals surface area contributed by atoms with Gasteiger partial charge in [0.25, 0.3) is 0 Å². The normalized spacial score (nSPS) is 18.5. The van der Waals surface area contributed by atoms with E-state index in [9.17, 15) is 0 Å². The van der Waals surface area contributed by atoms with Crippen molar-refractivity contribution in [3.05, 3.63) is 29.8 Å². The molecule has 0 aliphatic carbocycles. The Labute approximate surface area is 100 Å². The number of thioether (sulfide) groups is 1. The number of hydrogen-bond donors (Lipinski definition) is 0. The highest BCUT2D eigenvalue weighted by atomic mass is 35.5. The fraction of sp³-hybridized carbons (Fsp3) is 0.500. The average molecular weight is 243 g/mol. The maximum absolute atomic E-state index is 6.01. The first-order valence-electron chi connectivity index (χ1n) is 5.18. The second-order valence-corrected chi connectivity index (χ2v) is 5.47. The summed E-state index contributed by atoms with van der Waals surface area (Å²) in [5.74, 6) is 1.76. The standard InChI is InChI=1S/C12H15ClOS/c1-2-15-11-5-3-10(4-6-11)12(7-13)8-14-9-12/h3-6H,2,7-9H2,1H3. The molecular weight excluding hydrogens is 228 g/mol. The van der Waals surface area contributed by atoms with E-state index in [1.165, 1.54) is 10.5 Å². The average Bonchev–Trinajstić information content (AvgIpc) is 2.20. The number of benzene rings is 1. The molecule has 1 nitrogen and oxygen atoms in total. The van der Waals surface area contributed by atoms with Gasteiger partial charge in [0.1, 0.15) is 0 Å². The van der Waals surface area contributed by atoms with Crippen LogP contribution in [-0.2, 0) is 10.2 Å². The Hall–Kier alpha value is -0.180. The molecule has 0 atom stereocenters. The molecule has 1 aromatic rings. The third-order valence-electron chi connectivity index (χ3n) is 2.79. The van der Waals surface area contributed by atoms with E-state index >= 15 is 0 Å². The van der Waals surface area contributed by atoms with Crippen molar-refractivity contribution >= 4 is 23.4 Å². The quantitative estimate of drug-likeness (QED) is 0.592. The highest BCUT2D eigenvalue weighted by molar-refractivity contribution is 7.99. The zero-order valence-electron chi connectivity index (χ0n) is 8.83. The van der Waals surface area contributed by atoms with Crippen molar-refractivity contribution in [3.8, 4) is 0 Å². The van der Waals surface area contributed by atoms with Gasteiger partial charge >= 0.3 is 0 Å². The Morgan fingerprint density at radius 1 is 1.33 bits per heavy atom. The summed E-state index contributed by atoms with van der Waals surface area (Å²) in [6, 6.07) is 8.72. The molecule has 1 fully saturated rings. The molecular formula is C12H15ClOS. The van der Waals surface area contributed by atoms with Gasteiger partial charge in [-0.15, -0.1) is 23.4 Å². The van der Waals surface area contributed by atoms with Crippen LogP contribution in [-0.4, -0.2) is 24.8 Å². The fourth-order valence-corrected chi connectivity index (χ4v) is 2.71. The molecule has 3 heteroatoms. The zero-order chi connectivity index (χ0) is 10.7. The molecule has 0 bridgehead atoms. The SMILES string of the molecule is CCSc1ccc(C2(CCl)COC2)cc1. The topological polar surface area (TPSA) is 9.23 Å². The monoisotopic (exact) mass is 242 g/mol. The third kappa shape index (κ3) is 2.17. The molecule has 0 unspecified atom stereocenters. The van der Waals surface area contributed by atoms with Crippen LogP contribution in [0.4, 0.5) is 0 Å². The van der Waals surface area contributed by atoms with Crippen LogP contribution in [0.1, 0.15) is 12.5 Å². The molecule has 82 valence electrons. The summed E-state index contributed by atoms with van der Waals surface area (Å²) in [5, 5.41) is 0. The lowest BCUT2D eigenvalue weighted by molar-refractivity contribution is -0.0480. The van der Waals surface area contributed by atoms with Gasteiger partial charge in [-0.2, -0.15) is 0 Å². The molecule has 0 aromatic heterocycles. The van der Waals surface area contributed by atoms with Gasteiger partial charge < -0.3 is 4.74 Å². The highest BCUT2D eigenvalue weighted by Crippen LogP contribution is 2.34. The van der Waals surface area contributed by atoms with E-state index in [1.807, 2.05) is 11.8 Å². The van der Waals surface area contributed by atoms with Gasteiger partial charge in [0.2, 0.25) is 0 Å². The molecule has 1 aromatic carbocycles. The summed E-state index contributed by atoms with van der Waals surface area (Å²) in [7, 11) is 0. The summed E-state index contributed by atoms with van der Waals surface area (Å²) in [6.45, 7) is 3.69. The Balaban J connectivity index is 2.15. The van der Waals surface area contributed by atoms with Crippen LogP contribution in [0.2, 0.25) is 0 Å². The maximum atomic E-state index is 6.01. The number of alkyl halides is 1. The van der Waals surface area contributed by atoms with E-state index in [2.05, 4.69) is 31.2 Å². The van der Waals surface area contributed by atoms with E-state index in [0.717, 1.165) is 19.0 Å². The summed E-state index contributed by atoms with van der Waals surface area (Å²) in [4.78, 5) is 1.33. The third-order valence-corrected chi connectivity index (χ3v) is 4.20. The van der Waals surface area contributed by atoms with E-state index in [-0.39, 0.29) is 5.41 Å². The van der Waals surface area contributed by atoms with Crippen LogP contribution in [0.15, 0.2) is 29.2 Å². The number of halogens is 1. The van der Waals surface area contributed by atoms with Crippen molar-refractivity contribution in [2.24, 2.45) is 0 Å². The lowest BCUT2D eigenvalue weighted by Crippen LogP contribution is -2.48.